The first-order valence-corrected chi connectivity index (χ1v) is 9.98. The Morgan fingerprint density at radius 1 is 1.46 bits per heavy atom. The van der Waals surface area contributed by atoms with Gasteiger partial charge in [-0.1, -0.05) is 11.6 Å². The van der Waals surface area contributed by atoms with Gasteiger partial charge in [-0.25, -0.2) is 14.8 Å². The molecule has 0 radical (unpaired) electrons. The van der Waals surface area contributed by atoms with E-state index >= 15 is 0 Å². The summed E-state index contributed by atoms with van der Waals surface area (Å²) in [5.41, 5.74) is -0.0420. The van der Waals surface area contributed by atoms with Crippen molar-refractivity contribution in [1.29, 1.82) is 0 Å². The van der Waals surface area contributed by atoms with Gasteiger partial charge in [0.15, 0.2) is 5.75 Å². The predicted octanol–water partition coefficient (Wildman–Crippen LogP) is 3.34. The van der Waals surface area contributed by atoms with Crippen molar-refractivity contribution >= 4 is 44.5 Å². The number of carbonyl (C=O) groups excluding carboxylic acids is 1. The Balaban J connectivity index is 1.74. The number of hydrogen-bond acceptors (Lipinski definition) is 7. The molecule has 28 heavy (non-hydrogen) atoms. The van der Waals surface area contributed by atoms with E-state index < -0.39 is 5.60 Å². The van der Waals surface area contributed by atoms with E-state index in [4.69, 9.17) is 21.1 Å². The van der Waals surface area contributed by atoms with Crippen molar-refractivity contribution in [3.63, 3.8) is 0 Å². The summed E-state index contributed by atoms with van der Waals surface area (Å²) in [5.74, 6) is 0.0849. The number of benzene rings is 1. The highest BCUT2D eigenvalue weighted by Gasteiger charge is 2.28. The molecule has 1 saturated heterocycles. The molecule has 10 heteroatoms. The van der Waals surface area contributed by atoms with Gasteiger partial charge in [-0.2, -0.15) is 0 Å². The van der Waals surface area contributed by atoms with E-state index in [0.717, 1.165) is 0 Å². The molecule has 3 rings (SSSR count). The first-order chi connectivity index (χ1) is 13.2. The number of halogens is 2. The Kier molecular flexibility index (Phi) is 6.16. The first kappa shape index (κ1) is 20.9. The van der Waals surface area contributed by atoms with Crippen LogP contribution in [0.1, 0.15) is 20.8 Å². The average Bonchev–Trinajstić information content (AvgIpc) is 2.61. The number of hydrogen-bond donors (Lipinski definition) is 2. The van der Waals surface area contributed by atoms with Crippen LogP contribution in [0.25, 0.3) is 10.9 Å². The van der Waals surface area contributed by atoms with Crippen molar-refractivity contribution < 1.29 is 19.4 Å². The monoisotopic (exact) mass is 472 g/mol. The molecule has 1 aliphatic rings. The van der Waals surface area contributed by atoms with Crippen molar-refractivity contribution in [1.82, 2.24) is 20.2 Å². The molecule has 8 nitrogen and oxygen atoms in total. The van der Waals surface area contributed by atoms with Crippen molar-refractivity contribution in [3.8, 4) is 11.6 Å². The second-order valence-electron chi connectivity index (χ2n) is 7.48. The quantitative estimate of drug-likeness (QED) is 0.705. The van der Waals surface area contributed by atoms with Gasteiger partial charge in [-0.3, -0.25) is 0 Å². The van der Waals surface area contributed by atoms with E-state index in [1.54, 1.807) is 11.0 Å². The largest absolute Gasteiger partial charge is 0.493 e. The van der Waals surface area contributed by atoms with Crippen LogP contribution >= 0.6 is 27.5 Å². The van der Waals surface area contributed by atoms with Gasteiger partial charge in [0.2, 0.25) is 5.88 Å². The highest BCUT2D eigenvalue weighted by molar-refractivity contribution is 9.10. The SMILES string of the molecule is CC(C)(C)OC(=O)N1CCN[C@@H](COc2c(Cl)c(Br)cc3ncnc(O)c23)C1. The number of fused-ring (bicyclic) bond motifs is 1. The summed E-state index contributed by atoms with van der Waals surface area (Å²) in [5, 5.41) is 14.1. The lowest BCUT2D eigenvalue weighted by Gasteiger charge is -2.34. The maximum Gasteiger partial charge on any atom is 0.410 e. The summed E-state index contributed by atoms with van der Waals surface area (Å²) < 4.78 is 12.0. The summed E-state index contributed by atoms with van der Waals surface area (Å²) in [6.45, 7) is 7.35. The second kappa shape index (κ2) is 8.26. The Morgan fingerprint density at radius 3 is 2.93 bits per heavy atom. The fourth-order valence-electron chi connectivity index (χ4n) is 2.87. The number of carbonyl (C=O) groups is 1. The standard InChI is InChI=1S/C18H22BrClN4O4/c1-18(2,3)28-17(26)24-5-4-21-10(7-24)8-27-15-13-12(6-11(19)14(15)20)22-9-23-16(13)25/h6,9-10,21H,4-5,7-8H2,1-3H3,(H,22,23,25)/t10-/m1/s1. The zero-order valence-corrected chi connectivity index (χ0v) is 18.2. The number of piperazine rings is 1. The molecule has 2 aromatic rings. The van der Waals surface area contributed by atoms with Crippen LogP contribution in [0.15, 0.2) is 16.9 Å². The average molecular weight is 474 g/mol. The van der Waals surface area contributed by atoms with Crippen molar-refractivity contribution in [2.75, 3.05) is 26.2 Å². The summed E-state index contributed by atoms with van der Waals surface area (Å²) in [7, 11) is 0. The topological polar surface area (TPSA) is 96.8 Å². The van der Waals surface area contributed by atoms with E-state index in [0.29, 0.717) is 45.8 Å². The van der Waals surface area contributed by atoms with E-state index in [2.05, 4.69) is 31.2 Å². The molecule has 0 saturated carbocycles. The molecule has 0 spiro atoms. The van der Waals surface area contributed by atoms with Crippen LogP contribution in [-0.4, -0.2) is 64.0 Å². The molecule has 152 valence electrons. The third kappa shape index (κ3) is 4.76. The minimum Gasteiger partial charge on any atom is -0.493 e. The van der Waals surface area contributed by atoms with Gasteiger partial charge >= 0.3 is 6.09 Å². The highest BCUT2D eigenvalue weighted by Crippen LogP contribution is 2.41. The molecule has 0 bridgehead atoms. The number of ether oxygens (including phenoxy) is 2. The van der Waals surface area contributed by atoms with Gasteiger partial charge in [0.1, 0.15) is 23.9 Å². The predicted molar refractivity (Wildman–Crippen MR) is 109 cm³/mol. The minimum atomic E-state index is -0.547. The Bertz CT molecular complexity index is 890. The maximum atomic E-state index is 12.3. The smallest absolute Gasteiger partial charge is 0.410 e. The molecule has 1 aromatic carbocycles. The summed E-state index contributed by atoms with van der Waals surface area (Å²) >= 11 is 9.75. The van der Waals surface area contributed by atoms with Crippen LogP contribution in [0.4, 0.5) is 4.79 Å². The Hall–Kier alpha value is -1.84. The fraction of sp³-hybridized carbons (Fsp3) is 0.500. The molecular formula is C18H22BrClN4O4. The number of rotatable bonds is 3. The van der Waals surface area contributed by atoms with Gasteiger partial charge in [0, 0.05) is 24.1 Å². The lowest BCUT2D eigenvalue weighted by Crippen LogP contribution is -2.55. The summed E-state index contributed by atoms with van der Waals surface area (Å²) in [6.07, 6.45) is 0.916. The molecule has 2 heterocycles. The van der Waals surface area contributed by atoms with Gasteiger partial charge < -0.3 is 24.8 Å². The number of amides is 1. The van der Waals surface area contributed by atoms with E-state index in [1.807, 2.05) is 20.8 Å². The zero-order valence-electron chi connectivity index (χ0n) is 15.8. The van der Waals surface area contributed by atoms with Crippen LogP contribution in [0.3, 0.4) is 0 Å². The fourth-order valence-corrected chi connectivity index (χ4v) is 3.47. The third-order valence-electron chi connectivity index (χ3n) is 4.09. The Morgan fingerprint density at radius 2 is 2.21 bits per heavy atom. The molecule has 1 atom stereocenters. The number of aromatic nitrogens is 2. The lowest BCUT2D eigenvalue weighted by molar-refractivity contribution is 0.0178. The van der Waals surface area contributed by atoms with Gasteiger partial charge in [-0.05, 0) is 42.8 Å². The van der Waals surface area contributed by atoms with Crippen LogP contribution in [-0.2, 0) is 4.74 Å². The molecule has 1 aromatic heterocycles. The lowest BCUT2D eigenvalue weighted by atomic mass is 10.2. The molecule has 0 unspecified atom stereocenters. The molecule has 0 aliphatic carbocycles. The maximum absolute atomic E-state index is 12.3. The normalized spacial score (nSPS) is 17.6. The number of nitrogens with one attached hydrogen (secondary N) is 1. The molecular weight excluding hydrogens is 452 g/mol. The van der Waals surface area contributed by atoms with Gasteiger partial charge in [-0.15, -0.1) is 0 Å². The summed E-state index contributed by atoms with van der Waals surface area (Å²) in [4.78, 5) is 21.9. The van der Waals surface area contributed by atoms with Gasteiger partial charge in [0.25, 0.3) is 0 Å². The van der Waals surface area contributed by atoms with Crippen LogP contribution in [0, 0.1) is 0 Å². The van der Waals surface area contributed by atoms with E-state index in [9.17, 15) is 9.90 Å². The van der Waals surface area contributed by atoms with Crippen LogP contribution < -0.4 is 10.1 Å². The van der Waals surface area contributed by atoms with Crippen molar-refractivity contribution in [3.05, 3.63) is 21.9 Å². The molecule has 1 aliphatic heterocycles. The number of aromatic hydroxyl groups is 1. The van der Waals surface area contributed by atoms with E-state index in [1.165, 1.54) is 6.33 Å². The van der Waals surface area contributed by atoms with Crippen LogP contribution in [0.2, 0.25) is 5.02 Å². The number of nitrogens with zero attached hydrogens (tertiary/aromatic N) is 3. The molecule has 1 fully saturated rings. The second-order valence-corrected chi connectivity index (χ2v) is 8.71. The molecule has 1 amide bonds. The first-order valence-electron chi connectivity index (χ1n) is 8.81. The van der Waals surface area contributed by atoms with Crippen molar-refractivity contribution in [2.45, 2.75) is 32.4 Å². The van der Waals surface area contributed by atoms with E-state index in [-0.39, 0.29) is 24.6 Å². The highest BCUT2D eigenvalue weighted by atomic mass is 79.9. The van der Waals surface area contributed by atoms with Crippen LogP contribution in [0.5, 0.6) is 11.6 Å². The van der Waals surface area contributed by atoms with Gasteiger partial charge in [0.05, 0.1) is 16.6 Å². The van der Waals surface area contributed by atoms with Crippen molar-refractivity contribution in [2.24, 2.45) is 0 Å². The zero-order chi connectivity index (χ0) is 20.5. The third-order valence-corrected chi connectivity index (χ3v) is 5.32. The summed E-state index contributed by atoms with van der Waals surface area (Å²) in [6, 6.07) is 1.56. The molecule has 2 N–H and O–H groups in total. The minimum absolute atomic E-state index is 0.127. The Labute approximate surface area is 176 Å².